The van der Waals surface area contributed by atoms with E-state index in [9.17, 15) is 9.59 Å². The van der Waals surface area contributed by atoms with Crippen molar-refractivity contribution >= 4 is 55.9 Å². The van der Waals surface area contributed by atoms with Crippen LogP contribution in [0, 0.1) is 0 Å². The molecule has 0 spiro atoms. The van der Waals surface area contributed by atoms with Gasteiger partial charge in [-0.1, -0.05) is 36.4 Å². The van der Waals surface area contributed by atoms with Crippen molar-refractivity contribution in [3.63, 3.8) is 0 Å². The molecule has 0 aliphatic rings. The van der Waals surface area contributed by atoms with Gasteiger partial charge >= 0.3 is 0 Å². The summed E-state index contributed by atoms with van der Waals surface area (Å²) in [5, 5.41) is 12.5. The minimum atomic E-state index is -0.175. The Hall–Kier alpha value is -5.06. The van der Waals surface area contributed by atoms with E-state index in [-0.39, 0.29) is 11.8 Å². The lowest BCUT2D eigenvalue weighted by molar-refractivity contribution is 0.0947. The Morgan fingerprint density at radius 3 is 1.21 bits per heavy atom. The lowest BCUT2D eigenvalue weighted by atomic mass is 10.1. The summed E-state index contributed by atoms with van der Waals surface area (Å²) in [5.74, 6) is -0.350. The number of nitrogens with one attached hydrogen (secondary N) is 4. The number of hydrogen-bond acceptors (Lipinski definition) is 8. The average Bonchev–Trinajstić information content (AvgIpc) is 3.02. The van der Waals surface area contributed by atoms with Crippen LogP contribution in [0.4, 0.5) is 0 Å². The first-order valence-electron chi connectivity index (χ1n) is 14.0. The maximum absolute atomic E-state index is 12.8. The van der Waals surface area contributed by atoms with Crippen LogP contribution in [0.3, 0.4) is 0 Å². The van der Waals surface area contributed by atoms with Crippen LogP contribution >= 0.6 is 0 Å². The summed E-state index contributed by atoms with van der Waals surface area (Å²) < 4.78 is 0. The number of aromatic nitrogens is 4. The summed E-state index contributed by atoms with van der Waals surface area (Å²) in [4.78, 5) is 44.2. The number of fused-ring (bicyclic) bond motifs is 4. The number of benzene rings is 4. The Morgan fingerprint density at radius 1 is 0.429 bits per heavy atom. The fraction of sp³-hybridized carbons (Fsp3) is 0.188. The Morgan fingerprint density at radius 2 is 0.786 bits per heavy atom. The molecule has 0 aliphatic carbocycles. The normalized spacial score (nSPS) is 11.3. The van der Waals surface area contributed by atoms with Gasteiger partial charge in [-0.25, -0.2) is 19.9 Å². The lowest BCUT2D eigenvalue weighted by Gasteiger charge is -2.10. The van der Waals surface area contributed by atoms with Gasteiger partial charge in [0.25, 0.3) is 11.8 Å². The molecule has 0 aliphatic heterocycles. The van der Waals surface area contributed by atoms with Gasteiger partial charge in [0.05, 0.1) is 44.2 Å². The third-order valence-electron chi connectivity index (χ3n) is 6.88. The van der Waals surface area contributed by atoms with Crippen molar-refractivity contribution < 1.29 is 9.59 Å². The maximum Gasteiger partial charge on any atom is 0.253 e. The molecule has 0 unspecified atom stereocenters. The van der Waals surface area contributed by atoms with Crippen LogP contribution in [0.25, 0.3) is 44.1 Å². The highest BCUT2D eigenvalue weighted by Gasteiger charge is 2.14. The zero-order valence-electron chi connectivity index (χ0n) is 22.9. The van der Waals surface area contributed by atoms with Gasteiger partial charge in [-0.2, -0.15) is 0 Å². The number of para-hydroxylation sites is 6. The largest absolute Gasteiger partial charge is 0.351 e. The smallest absolute Gasteiger partial charge is 0.253 e. The molecule has 42 heavy (non-hydrogen) atoms. The van der Waals surface area contributed by atoms with E-state index in [1.165, 1.54) is 0 Å². The fourth-order valence-corrected chi connectivity index (χ4v) is 4.80. The summed E-state index contributed by atoms with van der Waals surface area (Å²) in [6.45, 7) is 3.66. The number of carbonyl (C=O) groups is 2. The minimum absolute atomic E-state index is 0.175. The van der Waals surface area contributed by atoms with Crippen molar-refractivity contribution in [1.82, 2.24) is 41.2 Å². The highest BCUT2D eigenvalue weighted by atomic mass is 16.2. The van der Waals surface area contributed by atoms with E-state index in [4.69, 9.17) is 0 Å². The second-order valence-corrected chi connectivity index (χ2v) is 9.78. The van der Waals surface area contributed by atoms with E-state index < -0.39 is 0 Å². The highest BCUT2D eigenvalue weighted by molar-refractivity contribution is 6.06. The molecule has 10 heteroatoms. The van der Waals surface area contributed by atoms with Gasteiger partial charge in [0.1, 0.15) is 11.0 Å². The molecule has 0 fully saturated rings. The highest BCUT2D eigenvalue weighted by Crippen LogP contribution is 2.20. The molecule has 0 saturated carbocycles. The van der Waals surface area contributed by atoms with E-state index in [1.54, 1.807) is 12.1 Å². The number of nitrogens with zero attached hydrogens (tertiary/aromatic N) is 4. The van der Waals surface area contributed by atoms with Crippen molar-refractivity contribution in [2.45, 2.75) is 0 Å². The summed E-state index contributed by atoms with van der Waals surface area (Å²) in [7, 11) is 0. The monoisotopic (exact) mass is 558 g/mol. The van der Waals surface area contributed by atoms with Crippen molar-refractivity contribution in [3.05, 3.63) is 96.1 Å². The molecular weight excluding hydrogens is 528 g/mol. The molecule has 0 radical (unpaired) electrons. The average molecular weight is 559 g/mol. The van der Waals surface area contributed by atoms with Crippen molar-refractivity contribution in [1.29, 1.82) is 0 Å². The predicted octanol–water partition coefficient (Wildman–Crippen LogP) is 3.22. The quantitative estimate of drug-likeness (QED) is 0.141. The third kappa shape index (κ3) is 5.99. The van der Waals surface area contributed by atoms with Crippen LogP contribution in [-0.2, 0) is 0 Å². The molecule has 6 aromatic rings. The Labute approximate surface area is 242 Å². The van der Waals surface area contributed by atoms with E-state index in [0.717, 1.165) is 35.2 Å². The molecule has 6 rings (SSSR count). The zero-order chi connectivity index (χ0) is 28.7. The van der Waals surface area contributed by atoms with E-state index in [2.05, 4.69) is 41.2 Å². The first-order chi connectivity index (χ1) is 20.7. The number of carbonyl (C=O) groups excluding carboxylic acids is 2. The van der Waals surface area contributed by atoms with Crippen molar-refractivity contribution in [2.24, 2.45) is 0 Å². The second kappa shape index (κ2) is 12.6. The minimum Gasteiger partial charge on any atom is -0.351 e. The van der Waals surface area contributed by atoms with E-state index in [0.29, 0.717) is 59.4 Å². The number of hydrogen-bond donors (Lipinski definition) is 4. The van der Waals surface area contributed by atoms with Crippen LogP contribution < -0.4 is 21.3 Å². The molecule has 4 N–H and O–H groups in total. The molecule has 2 aromatic heterocycles. The summed E-state index contributed by atoms with van der Waals surface area (Å²) in [5.41, 5.74) is 6.73. The molecule has 10 nitrogen and oxygen atoms in total. The Bertz CT molecular complexity index is 1770. The fourth-order valence-electron chi connectivity index (χ4n) is 4.80. The maximum atomic E-state index is 12.8. The molecule has 4 aromatic carbocycles. The summed E-state index contributed by atoms with van der Waals surface area (Å²) in [6.07, 6.45) is 0. The van der Waals surface area contributed by atoms with E-state index in [1.807, 2.05) is 72.8 Å². The van der Waals surface area contributed by atoms with Gasteiger partial charge in [0.15, 0.2) is 0 Å². The van der Waals surface area contributed by atoms with Gasteiger partial charge in [-0.15, -0.1) is 0 Å². The van der Waals surface area contributed by atoms with Crippen LogP contribution in [0.15, 0.2) is 84.9 Å². The topological polar surface area (TPSA) is 134 Å². The summed E-state index contributed by atoms with van der Waals surface area (Å²) in [6, 6.07) is 26.2. The molecule has 0 saturated heterocycles. The Balaban J connectivity index is 0.902. The van der Waals surface area contributed by atoms with Gasteiger partial charge in [-0.05, 0) is 48.5 Å². The first-order valence-corrected chi connectivity index (χ1v) is 14.0. The second-order valence-electron chi connectivity index (χ2n) is 9.78. The van der Waals surface area contributed by atoms with Crippen molar-refractivity contribution in [2.75, 3.05) is 39.3 Å². The molecule has 2 amide bonds. The van der Waals surface area contributed by atoms with Crippen LogP contribution in [0.1, 0.15) is 20.7 Å². The van der Waals surface area contributed by atoms with E-state index >= 15 is 0 Å². The van der Waals surface area contributed by atoms with Crippen molar-refractivity contribution in [3.8, 4) is 0 Å². The predicted molar refractivity (Wildman–Crippen MR) is 164 cm³/mol. The van der Waals surface area contributed by atoms with Gasteiger partial charge in [-0.3, -0.25) is 9.59 Å². The van der Waals surface area contributed by atoms with Gasteiger partial charge < -0.3 is 21.3 Å². The summed E-state index contributed by atoms with van der Waals surface area (Å²) >= 11 is 0. The lowest BCUT2D eigenvalue weighted by Crippen LogP contribution is -2.37. The van der Waals surface area contributed by atoms with Gasteiger partial charge in [0, 0.05) is 39.3 Å². The van der Waals surface area contributed by atoms with Crippen LogP contribution in [-0.4, -0.2) is 71.0 Å². The SMILES string of the molecule is O=C(NCCNCCNCCNC(=O)c1cccc2nc3ccccc3nc12)c1cccc2nc3ccccc3nc12. The number of rotatable bonds is 11. The third-order valence-corrected chi connectivity index (χ3v) is 6.88. The molecule has 210 valence electrons. The number of amides is 2. The molecule has 0 atom stereocenters. The molecule has 0 bridgehead atoms. The van der Waals surface area contributed by atoms with Crippen LogP contribution in [0.2, 0.25) is 0 Å². The standard InChI is InChI=1S/C32H30N8O2/c41-31(21-7-5-13-27-29(21)39-25-11-3-1-9-23(25)37-27)35-19-17-33-15-16-34-18-20-36-32(42)22-8-6-14-28-30(22)40-26-12-4-2-10-24(26)38-28/h1-14,33-34H,15-20H2,(H,35,41)(H,36,42). The molecular formula is C32H30N8O2. The zero-order valence-corrected chi connectivity index (χ0v) is 22.9. The molecule has 2 heterocycles. The van der Waals surface area contributed by atoms with Crippen LogP contribution in [0.5, 0.6) is 0 Å². The first kappa shape index (κ1) is 27.1. The Kier molecular flexibility index (Phi) is 8.16. The van der Waals surface area contributed by atoms with Gasteiger partial charge in [0.2, 0.25) is 0 Å².